The van der Waals surface area contributed by atoms with E-state index in [4.69, 9.17) is 10.9 Å². The minimum Gasteiger partial charge on any atom is -1.00 e. The summed E-state index contributed by atoms with van der Waals surface area (Å²) >= 11 is 0. The van der Waals surface area contributed by atoms with Gasteiger partial charge >= 0.3 is 57.5 Å². The Morgan fingerprint density at radius 1 is 1.08 bits per heavy atom. The van der Waals surface area contributed by atoms with Crippen LogP contribution < -0.4 is 51.4 Å². The van der Waals surface area contributed by atoms with Crippen LogP contribution in [0.4, 0.5) is 4.79 Å². The molecule has 1 aliphatic rings. The molecule has 1 aliphatic heterocycles. The molecular weight excluding hydrogens is 345 g/mol. The van der Waals surface area contributed by atoms with Gasteiger partial charge in [-0.2, -0.15) is 0 Å². The molecule has 0 radical (unpaired) electrons. The topological polar surface area (TPSA) is 59.0 Å². The third-order valence-corrected chi connectivity index (χ3v) is 4.36. The molecule has 0 atom stereocenters. The van der Waals surface area contributed by atoms with E-state index in [9.17, 15) is 4.79 Å². The maximum atomic E-state index is 11.5. The van der Waals surface area contributed by atoms with Gasteiger partial charge in [-0.05, 0) is 66.7 Å². The third kappa shape index (κ3) is 11.3. The van der Waals surface area contributed by atoms with Crippen molar-refractivity contribution in [1.29, 1.82) is 1.43 Å². The summed E-state index contributed by atoms with van der Waals surface area (Å²) in [4.78, 5) is 13.1. The van der Waals surface area contributed by atoms with Crippen molar-refractivity contribution in [2.75, 3.05) is 26.3 Å². The first-order valence-electron chi connectivity index (χ1n) is 9.44. The van der Waals surface area contributed by atoms with Crippen molar-refractivity contribution in [3.05, 3.63) is 0 Å². The Morgan fingerprint density at radius 2 is 1.52 bits per heavy atom. The van der Waals surface area contributed by atoms with Gasteiger partial charge in [-0.1, -0.05) is 6.92 Å². The summed E-state index contributed by atoms with van der Waals surface area (Å²) in [5, 5.41) is 4.07. The number of rotatable bonds is 6. The molecule has 1 rings (SSSR count). The van der Waals surface area contributed by atoms with Crippen molar-refractivity contribution in [3.8, 4) is 0 Å². The van der Waals surface area contributed by atoms with Crippen molar-refractivity contribution in [1.82, 2.24) is 4.90 Å². The Morgan fingerprint density at radius 3 is 1.88 bits per heavy atom. The van der Waals surface area contributed by atoms with Gasteiger partial charge in [-0.15, -0.1) is 0 Å². The Kier molecular flexibility index (Phi) is 9.92. The molecule has 0 unspecified atom stereocenters. The molecule has 0 aromatic heterocycles. The number of hydrogen-bond acceptors (Lipinski definition) is 4. The van der Waals surface area contributed by atoms with E-state index in [1.807, 2.05) is 0 Å². The fourth-order valence-electron chi connectivity index (χ4n) is 2.96. The second-order valence-corrected chi connectivity index (χ2v) is 9.51. The van der Waals surface area contributed by atoms with Gasteiger partial charge in [0.25, 0.3) is 1.43 Å². The average molecular weight is 385 g/mol. The number of likely N-dealkylation sites (tertiary alicyclic amines) is 1. The van der Waals surface area contributed by atoms with Crippen molar-refractivity contribution >= 4 is 6.09 Å². The zero-order valence-corrected chi connectivity index (χ0v) is 20.7. The van der Waals surface area contributed by atoms with Crippen molar-refractivity contribution < 1.29 is 72.2 Å². The molecule has 0 aliphatic carbocycles. The Labute approximate surface area is 199 Å². The molecule has 0 aromatic rings. The van der Waals surface area contributed by atoms with Crippen LogP contribution in [0.5, 0.6) is 0 Å². The number of hydrogen-bond donors (Lipinski definition) is 1. The van der Waals surface area contributed by atoms with E-state index in [1.165, 1.54) is 0 Å². The number of nitrogens with zero attached hydrogens (tertiary/aromatic N) is 1. The van der Waals surface area contributed by atoms with Gasteiger partial charge in [0.15, 0.2) is 0 Å². The molecular formula is C19H38KNO4. The van der Waals surface area contributed by atoms with Crippen LogP contribution in [0.2, 0.25) is 0 Å². The van der Waals surface area contributed by atoms with Crippen LogP contribution in [0.1, 0.15) is 69.2 Å². The van der Waals surface area contributed by atoms with Crippen molar-refractivity contribution in [2.45, 2.75) is 78.9 Å². The van der Waals surface area contributed by atoms with E-state index in [-0.39, 0.29) is 69.4 Å². The summed E-state index contributed by atoms with van der Waals surface area (Å²) in [5.74, 6) is 0.520. The van der Waals surface area contributed by atoms with Gasteiger partial charge in [0.2, 0.25) is 0 Å². The molecule has 0 bridgehead atoms. The smallest absolute Gasteiger partial charge is 1.00 e. The molecule has 144 valence electrons. The fourth-order valence-corrected chi connectivity index (χ4v) is 2.96. The monoisotopic (exact) mass is 384 g/mol. The van der Waals surface area contributed by atoms with Crippen LogP contribution in [-0.4, -0.2) is 53.6 Å². The minimum absolute atomic E-state index is 0. The van der Waals surface area contributed by atoms with Gasteiger partial charge in [0, 0.05) is 18.5 Å². The van der Waals surface area contributed by atoms with Crippen LogP contribution in [0.25, 0.3) is 1.43 Å². The molecule has 0 saturated carbocycles. The molecule has 5 nitrogen and oxygen atoms in total. The number of amides is 1. The van der Waals surface area contributed by atoms with Crippen LogP contribution in [0.15, 0.2) is 0 Å². The SMILES string of the molecule is [2H]OC(=O)N1CCC(CC(C)(COC(C)(C)C)COC(C)(C)C)CC1.[H-].[K+]. The first kappa shape index (κ1) is 23.9. The molecule has 6 heteroatoms. The van der Waals surface area contributed by atoms with E-state index in [0.717, 1.165) is 19.3 Å². The van der Waals surface area contributed by atoms with Gasteiger partial charge in [-0.3, -0.25) is 0 Å². The van der Waals surface area contributed by atoms with Gasteiger partial charge < -0.3 is 20.9 Å². The summed E-state index contributed by atoms with van der Waals surface area (Å²) in [7, 11) is 0. The van der Waals surface area contributed by atoms with E-state index in [0.29, 0.717) is 32.2 Å². The Hall–Kier alpha value is 0.826. The van der Waals surface area contributed by atoms with Crippen LogP contribution in [0, 0.1) is 11.3 Å². The number of carbonyl (C=O) groups is 1. The molecule has 25 heavy (non-hydrogen) atoms. The summed E-state index contributed by atoms with van der Waals surface area (Å²) in [5.41, 5.74) is -0.419. The number of carboxylic acid groups (broad SMARTS) is 1. The second-order valence-electron chi connectivity index (χ2n) is 9.51. The third-order valence-electron chi connectivity index (χ3n) is 4.36. The molecule has 1 N–H and O–H groups in total. The molecule has 0 spiro atoms. The van der Waals surface area contributed by atoms with Crippen LogP contribution in [-0.2, 0) is 9.47 Å². The van der Waals surface area contributed by atoms with Crippen molar-refractivity contribution in [2.24, 2.45) is 11.3 Å². The molecule has 0 aromatic carbocycles. The predicted molar refractivity (Wildman–Crippen MR) is 97.6 cm³/mol. The molecule has 1 fully saturated rings. The molecule has 1 saturated heterocycles. The van der Waals surface area contributed by atoms with Gasteiger partial charge in [0.1, 0.15) is 0 Å². The first-order chi connectivity index (χ1) is 11.3. The zero-order valence-electron chi connectivity index (χ0n) is 19.6. The minimum atomic E-state index is -0.548. The maximum absolute atomic E-state index is 11.5. The van der Waals surface area contributed by atoms with E-state index < -0.39 is 6.09 Å². The standard InChI is InChI=1S/C19H37NO4.K.H/c1-17(2,3)23-13-19(7,14-24-18(4,5)6)12-15-8-10-20(11-9-15)16(21)22;;/h15H,8-14H2,1-7H3,(H,21,22);;/q;+1;-1/i/hD. The van der Waals surface area contributed by atoms with Crippen LogP contribution in [0.3, 0.4) is 0 Å². The summed E-state index contributed by atoms with van der Waals surface area (Å²) in [6.45, 7) is 17.3. The van der Waals surface area contributed by atoms with Gasteiger partial charge in [0.05, 0.1) is 24.4 Å². The van der Waals surface area contributed by atoms with E-state index in [2.05, 4.69) is 53.6 Å². The fraction of sp³-hybridized carbons (Fsp3) is 0.947. The van der Waals surface area contributed by atoms with E-state index >= 15 is 0 Å². The van der Waals surface area contributed by atoms with Crippen LogP contribution >= 0.6 is 0 Å². The molecule has 1 amide bonds. The summed E-state index contributed by atoms with van der Waals surface area (Å²) < 4.78 is 18.9. The quantitative estimate of drug-likeness (QED) is 0.706. The van der Waals surface area contributed by atoms with E-state index in [1.54, 1.807) is 4.90 Å². The summed E-state index contributed by atoms with van der Waals surface area (Å²) in [6, 6.07) is 0. The first-order valence-corrected chi connectivity index (χ1v) is 9.04. The number of ether oxygens (including phenoxy) is 2. The zero-order chi connectivity index (χ0) is 19.3. The second kappa shape index (κ2) is 10.4. The normalized spacial score (nSPS) is 17.7. The van der Waals surface area contributed by atoms with Crippen molar-refractivity contribution in [3.63, 3.8) is 0 Å². The largest absolute Gasteiger partial charge is 1.00 e. The average Bonchev–Trinajstić information content (AvgIpc) is 2.50. The Balaban J connectivity index is 0. The predicted octanol–water partition coefficient (Wildman–Crippen LogP) is 1.52. The van der Waals surface area contributed by atoms with Gasteiger partial charge in [-0.25, -0.2) is 4.79 Å². The summed E-state index contributed by atoms with van der Waals surface area (Å²) in [6.07, 6.45) is 2.31. The Bertz CT molecular complexity index is 412. The molecule has 1 heterocycles. The maximum Gasteiger partial charge on any atom is 1.00 e. The number of piperidine rings is 1.